The monoisotopic (exact) mass is 239 g/mol. The Labute approximate surface area is 82.7 Å². The lowest BCUT2D eigenvalue weighted by molar-refractivity contribution is 0.111. The Bertz CT molecular complexity index is 477. The zero-order chi connectivity index (χ0) is 9.42. The molecule has 13 heavy (non-hydrogen) atoms. The molecule has 0 fully saturated rings. The van der Waals surface area contributed by atoms with Gasteiger partial charge in [-0.15, -0.1) is 0 Å². The fourth-order valence-electron chi connectivity index (χ4n) is 1.10. The van der Waals surface area contributed by atoms with Crippen LogP contribution >= 0.6 is 15.9 Å². The van der Waals surface area contributed by atoms with Gasteiger partial charge in [0, 0.05) is 12.4 Å². The molecule has 0 aliphatic heterocycles. The summed E-state index contributed by atoms with van der Waals surface area (Å²) in [6, 6.07) is 0. The molecule has 2 aromatic heterocycles. The van der Waals surface area contributed by atoms with E-state index in [4.69, 9.17) is 0 Å². The molecule has 4 nitrogen and oxygen atoms in total. The lowest BCUT2D eigenvalue weighted by Gasteiger charge is -1.94. The van der Waals surface area contributed by atoms with E-state index in [1.54, 1.807) is 10.6 Å². The minimum atomic E-state index is 0.373. The van der Waals surface area contributed by atoms with Crippen molar-refractivity contribution in [1.82, 2.24) is 14.4 Å². The molecule has 5 heteroatoms. The molecule has 0 bridgehead atoms. The number of hydrogen-bond acceptors (Lipinski definition) is 3. The second-order valence-electron chi connectivity index (χ2n) is 2.71. The number of aldehydes is 1. The van der Waals surface area contributed by atoms with Gasteiger partial charge in [-0.3, -0.25) is 9.20 Å². The van der Waals surface area contributed by atoms with Gasteiger partial charge in [0.2, 0.25) is 5.78 Å². The Morgan fingerprint density at radius 2 is 2.38 bits per heavy atom. The molecule has 2 rings (SSSR count). The van der Waals surface area contributed by atoms with Gasteiger partial charge in [0.1, 0.15) is 10.3 Å². The zero-order valence-electron chi connectivity index (χ0n) is 6.86. The van der Waals surface area contributed by atoms with Gasteiger partial charge in [0.15, 0.2) is 6.29 Å². The lowest BCUT2D eigenvalue weighted by Crippen LogP contribution is -1.89. The Morgan fingerprint density at radius 3 is 3.08 bits per heavy atom. The van der Waals surface area contributed by atoms with E-state index in [1.165, 1.54) is 0 Å². The van der Waals surface area contributed by atoms with E-state index in [0.29, 0.717) is 22.4 Å². The van der Waals surface area contributed by atoms with Crippen LogP contribution in [0.25, 0.3) is 5.78 Å². The first-order chi connectivity index (χ1) is 6.22. The van der Waals surface area contributed by atoms with Gasteiger partial charge in [-0.25, -0.2) is 9.97 Å². The van der Waals surface area contributed by atoms with Crippen LogP contribution < -0.4 is 0 Å². The number of halogens is 1. The zero-order valence-corrected chi connectivity index (χ0v) is 8.45. The Kier molecular flexibility index (Phi) is 1.88. The highest BCUT2D eigenvalue weighted by Crippen LogP contribution is 2.16. The van der Waals surface area contributed by atoms with E-state index in [0.717, 1.165) is 5.56 Å². The molecule has 0 radical (unpaired) electrons. The summed E-state index contributed by atoms with van der Waals surface area (Å²) in [6.45, 7) is 1.93. The Balaban J connectivity index is 2.84. The third-order valence-corrected chi connectivity index (χ3v) is 2.48. The standard InChI is InChI=1S/C8H6BrN3O/c1-5-2-10-8-11-6(4-13)7(9)12(8)3-5/h2-4H,1H3. The first-order valence-corrected chi connectivity index (χ1v) is 4.47. The summed E-state index contributed by atoms with van der Waals surface area (Å²) in [7, 11) is 0. The van der Waals surface area contributed by atoms with Gasteiger partial charge in [-0.2, -0.15) is 0 Å². The van der Waals surface area contributed by atoms with E-state index in [9.17, 15) is 4.79 Å². The SMILES string of the molecule is Cc1cnc2nc(C=O)c(Br)n2c1. The quantitative estimate of drug-likeness (QED) is 0.711. The second-order valence-corrected chi connectivity index (χ2v) is 3.46. The van der Waals surface area contributed by atoms with Crippen LogP contribution in [0.5, 0.6) is 0 Å². The number of nitrogens with zero attached hydrogens (tertiary/aromatic N) is 3. The number of carbonyl (C=O) groups is 1. The molecule has 0 N–H and O–H groups in total. The van der Waals surface area contributed by atoms with Gasteiger partial charge in [-0.05, 0) is 28.4 Å². The molecule has 0 atom stereocenters. The van der Waals surface area contributed by atoms with Gasteiger partial charge < -0.3 is 0 Å². The number of aromatic nitrogens is 3. The van der Waals surface area contributed by atoms with E-state index >= 15 is 0 Å². The van der Waals surface area contributed by atoms with E-state index in [-0.39, 0.29) is 0 Å². The minimum absolute atomic E-state index is 0.373. The van der Waals surface area contributed by atoms with Crippen LogP contribution in [0.3, 0.4) is 0 Å². The number of imidazole rings is 1. The van der Waals surface area contributed by atoms with E-state index in [1.807, 2.05) is 13.1 Å². The summed E-state index contributed by atoms with van der Waals surface area (Å²) in [5.74, 6) is 0.527. The Morgan fingerprint density at radius 1 is 1.62 bits per heavy atom. The maximum Gasteiger partial charge on any atom is 0.235 e. The van der Waals surface area contributed by atoms with Crippen LogP contribution in [-0.4, -0.2) is 20.7 Å². The molecule has 0 aromatic carbocycles. The van der Waals surface area contributed by atoms with Crippen LogP contribution in [0.2, 0.25) is 0 Å². The highest BCUT2D eigenvalue weighted by molar-refractivity contribution is 9.10. The van der Waals surface area contributed by atoms with Crippen molar-refractivity contribution in [2.75, 3.05) is 0 Å². The van der Waals surface area contributed by atoms with Crippen LogP contribution in [0.4, 0.5) is 0 Å². The lowest BCUT2D eigenvalue weighted by atomic mass is 10.4. The van der Waals surface area contributed by atoms with Crippen molar-refractivity contribution in [3.8, 4) is 0 Å². The molecule has 0 unspecified atom stereocenters. The smallest absolute Gasteiger partial charge is 0.235 e. The summed E-state index contributed by atoms with van der Waals surface area (Å²) < 4.78 is 2.38. The van der Waals surface area contributed by atoms with Crippen molar-refractivity contribution in [3.63, 3.8) is 0 Å². The normalized spacial score (nSPS) is 10.6. The summed E-state index contributed by atoms with van der Waals surface area (Å²) in [5, 5.41) is 0. The fraction of sp³-hybridized carbons (Fsp3) is 0.125. The maximum absolute atomic E-state index is 10.5. The summed E-state index contributed by atoms with van der Waals surface area (Å²) in [6.07, 6.45) is 4.28. The first-order valence-electron chi connectivity index (χ1n) is 3.68. The highest BCUT2D eigenvalue weighted by Gasteiger charge is 2.08. The molecular formula is C8H6BrN3O. The van der Waals surface area contributed by atoms with Gasteiger partial charge >= 0.3 is 0 Å². The Hall–Kier alpha value is -1.23. The highest BCUT2D eigenvalue weighted by atomic mass is 79.9. The molecule has 0 spiro atoms. The van der Waals surface area contributed by atoms with Gasteiger partial charge in [0.25, 0.3) is 0 Å². The summed E-state index contributed by atoms with van der Waals surface area (Å²) >= 11 is 3.28. The van der Waals surface area contributed by atoms with Crippen molar-refractivity contribution in [2.45, 2.75) is 6.92 Å². The molecule has 66 valence electrons. The third-order valence-electron chi connectivity index (χ3n) is 1.69. The average Bonchev–Trinajstić information content (AvgIpc) is 2.44. The van der Waals surface area contributed by atoms with Crippen LogP contribution in [0.1, 0.15) is 16.1 Å². The largest absolute Gasteiger partial charge is 0.296 e. The average molecular weight is 240 g/mol. The van der Waals surface area contributed by atoms with Crippen molar-refractivity contribution in [2.24, 2.45) is 0 Å². The predicted molar refractivity (Wildman–Crippen MR) is 50.8 cm³/mol. The summed E-state index contributed by atoms with van der Waals surface area (Å²) in [5.41, 5.74) is 1.39. The van der Waals surface area contributed by atoms with Crippen LogP contribution in [0.15, 0.2) is 17.0 Å². The number of rotatable bonds is 1. The van der Waals surface area contributed by atoms with Crippen LogP contribution in [-0.2, 0) is 0 Å². The fourth-order valence-corrected chi connectivity index (χ4v) is 1.54. The molecule has 0 aliphatic rings. The van der Waals surface area contributed by atoms with E-state index in [2.05, 4.69) is 25.9 Å². The van der Waals surface area contributed by atoms with Gasteiger partial charge in [-0.1, -0.05) is 0 Å². The number of carbonyl (C=O) groups excluding carboxylic acids is 1. The summed E-state index contributed by atoms with van der Waals surface area (Å²) in [4.78, 5) is 18.6. The second kappa shape index (κ2) is 2.92. The minimum Gasteiger partial charge on any atom is -0.296 e. The molecular weight excluding hydrogens is 234 g/mol. The van der Waals surface area contributed by atoms with E-state index < -0.39 is 0 Å². The van der Waals surface area contributed by atoms with Gasteiger partial charge in [0.05, 0.1) is 0 Å². The number of aryl methyl sites for hydroxylation is 1. The number of fused-ring (bicyclic) bond motifs is 1. The topological polar surface area (TPSA) is 47.3 Å². The predicted octanol–water partition coefficient (Wildman–Crippen LogP) is 1.61. The molecule has 0 amide bonds. The molecule has 0 saturated heterocycles. The molecule has 0 aliphatic carbocycles. The maximum atomic E-state index is 10.5. The van der Waals surface area contributed by atoms with Crippen LogP contribution in [0, 0.1) is 6.92 Å². The van der Waals surface area contributed by atoms with Crippen molar-refractivity contribution in [1.29, 1.82) is 0 Å². The van der Waals surface area contributed by atoms with Crippen molar-refractivity contribution in [3.05, 3.63) is 28.3 Å². The third kappa shape index (κ3) is 1.25. The first kappa shape index (κ1) is 8.37. The van der Waals surface area contributed by atoms with Crippen molar-refractivity contribution >= 4 is 28.0 Å². The molecule has 2 aromatic rings. The number of hydrogen-bond donors (Lipinski definition) is 0. The molecule has 2 heterocycles. The molecule has 0 saturated carbocycles. The van der Waals surface area contributed by atoms with Crippen molar-refractivity contribution < 1.29 is 4.79 Å².